The monoisotopic (exact) mass is 255 g/mol. The third-order valence-electron chi connectivity index (χ3n) is 1.95. The van der Waals surface area contributed by atoms with Gasteiger partial charge in [-0.3, -0.25) is 4.79 Å². The van der Waals surface area contributed by atoms with Crippen LogP contribution in [0.1, 0.15) is 6.92 Å². The lowest BCUT2D eigenvalue weighted by molar-refractivity contribution is -0.131. The summed E-state index contributed by atoms with van der Waals surface area (Å²) in [5.74, 6) is -1.53. The fourth-order valence-electron chi connectivity index (χ4n) is 1.09. The number of carboxylic acid groups (broad SMARTS) is 1. The molecule has 1 amide bonds. The van der Waals surface area contributed by atoms with E-state index in [4.69, 9.17) is 5.11 Å². The lowest BCUT2D eigenvalue weighted by Gasteiger charge is -2.05. The Morgan fingerprint density at radius 1 is 1.06 bits per heavy atom. The van der Waals surface area contributed by atoms with E-state index < -0.39 is 11.9 Å². The number of hydrogen-bond donors (Lipinski definition) is 4. The van der Waals surface area contributed by atoms with Crippen molar-refractivity contribution >= 4 is 11.9 Å². The number of carbonyl (C=O) groups is 2. The van der Waals surface area contributed by atoms with Crippen molar-refractivity contribution in [3.05, 3.63) is 24.3 Å². The molecule has 0 aliphatic heterocycles. The molecular weight excluding hydrogens is 234 g/mol. The molecule has 0 atom stereocenters. The Hall–Kier alpha value is -1.66. The van der Waals surface area contributed by atoms with Gasteiger partial charge in [-0.05, 0) is 6.92 Å². The highest BCUT2D eigenvalue weighted by Crippen LogP contribution is 1.73. The molecule has 0 aromatic heterocycles. The minimum Gasteiger partial charge on any atom is -0.478 e. The van der Waals surface area contributed by atoms with Crippen LogP contribution in [0.3, 0.4) is 0 Å². The summed E-state index contributed by atoms with van der Waals surface area (Å²) in [6.07, 6.45) is 5.84. The molecule has 6 heteroatoms. The highest BCUT2D eigenvalue weighted by Gasteiger charge is 1.95. The maximum absolute atomic E-state index is 11.0. The van der Waals surface area contributed by atoms with Crippen molar-refractivity contribution < 1.29 is 14.7 Å². The van der Waals surface area contributed by atoms with E-state index in [-0.39, 0.29) is 0 Å². The van der Waals surface area contributed by atoms with Crippen molar-refractivity contribution in [3.63, 3.8) is 0 Å². The van der Waals surface area contributed by atoms with Crippen molar-refractivity contribution in [2.24, 2.45) is 0 Å². The number of amides is 1. The van der Waals surface area contributed by atoms with Gasteiger partial charge in [0, 0.05) is 44.9 Å². The highest BCUT2D eigenvalue weighted by atomic mass is 16.4. The van der Waals surface area contributed by atoms with Crippen LogP contribution in [0.2, 0.25) is 0 Å². The maximum Gasteiger partial charge on any atom is 0.328 e. The van der Waals surface area contributed by atoms with Crippen LogP contribution in [0.15, 0.2) is 24.3 Å². The van der Waals surface area contributed by atoms with Gasteiger partial charge < -0.3 is 21.1 Å². The van der Waals surface area contributed by atoms with Gasteiger partial charge in [0.2, 0.25) is 5.91 Å². The van der Waals surface area contributed by atoms with Crippen LogP contribution >= 0.6 is 0 Å². The maximum atomic E-state index is 11.0. The standard InChI is InChI=1S/C12H21N3O3/c1-2-3-6-13-7-8-14-9-10-15-11(16)4-5-12(17)18/h2-5,13-14H,6-10H2,1H3,(H,15,16)(H,17,18)/b3-2+,5-4+. The number of rotatable bonds is 10. The van der Waals surface area contributed by atoms with Crippen LogP contribution in [-0.4, -0.2) is 49.7 Å². The third kappa shape index (κ3) is 12.4. The summed E-state index contributed by atoms with van der Waals surface area (Å²) in [7, 11) is 0. The molecule has 0 rings (SSSR count). The lowest BCUT2D eigenvalue weighted by atomic mass is 10.4. The SMILES string of the molecule is C/C=C/CNCCNCCNC(=O)/C=C/C(=O)O. The van der Waals surface area contributed by atoms with Crippen LogP contribution in [0.5, 0.6) is 0 Å². The lowest BCUT2D eigenvalue weighted by Crippen LogP contribution is -2.34. The molecule has 18 heavy (non-hydrogen) atoms. The Kier molecular flexibility index (Phi) is 10.7. The first-order valence-electron chi connectivity index (χ1n) is 5.88. The van der Waals surface area contributed by atoms with Crippen molar-refractivity contribution in [1.82, 2.24) is 16.0 Å². The van der Waals surface area contributed by atoms with Crippen molar-refractivity contribution in [1.29, 1.82) is 0 Å². The number of carboxylic acids is 1. The fraction of sp³-hybridized carbons (Fsp3) is 0.500. The molecule has 0 spiro atoms. The number of allylic oxidation sites excluding steroid dienone is 1. The van der Waals surface area contributed by atoms with E-state index in [2.05, 4.69) is 16.0 Å². The predicted molar refractivity (Wildman–Crippen MR) is 70.3 cm³/mol. The van der Waals surface area contributed by atoms with Gasteiger partial charge in [-0.25, -0.2) is 4.79 Å². The second-order valence-corrected chi connectivity index (χ2v) is 3.49. The van der Waals surface area contributed by atoms with Gasteiger partial charge in [-0.1, -0.05) is 12.2 Å². The van der Waals surface area contributed by atoms with Crippen molar-refractivity contribution in [2.75, 3.05) is 32.7 Å². The molecular formula is C12H21N3O3. The van der Waals surface area contributed by atoms with Crippen LogP contribution < -0.4 is 16.0 Å². The fourth-order valence-corrected chi connectivity index (χ4v) is 1.09. The number of carbonyl (C=O) groups excluding carboxylic acids is 1. The molecule has 6 nitrogen and oxygen atoms in total. The summed E-state index contributed by atoms with van der Waals surface area (Å²) >= 11 is 0. The first kappa shape index (κ1) is 16.3. The van der Waals surface area contributed by atoms with E-state index in [1.807, 2.05) is 19.1 Å². The summed E-state index contributed by atoms with van der Waals surface area (Å²) in [6, 6.07) is 0. The molecule has 0 fully saturated rings. The van der Waals surface area contributed by atoms with Gasteiger partial charge in [0.25, 0.3) is 0 Å². The minimum atomic E-state index is -1.13. The molecule has 0 saturated heterocycles. The molecule has 0 radical (unpaired) electrons. The first-order chi connectivity index (χ1) is 8.66. The zero-order valence-corrected chi connectivity index (χ0v) is 10.6. The zero-order valence-electron chi connectivity index (χ0n) is 10.6. The molecule has 0 saturated carbocycles. The summed E-state index contributed by atoms with van der Waals surface area (Å²) in [5.41, 5.74) is 0. The Balaban J connectivity index is 3.30. The summed E-state index contributed by atoms with van der Waals surface area (Å²) in [4.78, 5) is 21.2. The molecule has 0 aromatic rings. The molecule has 0 bridgehead atoms. The molecule has 0 aromatic carbocycles. The van der Waals surface area contributed by atoms with Gasteiger partial charge in [0.1, 0.15) is 0 Å². The second kappa shape index (κ2) is 11.8. The van der Waals surface area contributed by atoms with E-state index in [0.717, 1.165) is 31.8 Å². The van der Waals surface area contributed by atoms with Crippen LogP contribution in [-0.2, 0) is 9.59 Å². The Morgan fingerprint density at radius 3 is 2.39 bits per heavy atom. The number of aliphatic carboxylic acids is 1. The van der Waals surface area contributed by atoms with E-state index in [1.54, 1.807) is 0 Å². The average molecular weight is 255 g/mol. The normalized spacial score (nSPS) is 11.2. The topological polar surface area (TPSA) is 90.5 Å². The molecule has 0 heterocycles. The van der Waals surface area contributed by atoms with E-state index in [0.29, 0.717) is 13.1 Å². The summed E-state index contributed by atoms with van der Waals surface area (Å²) in [6.45, 7) is 5.63. The van der Waals surface area contributed by atoms with Crippen LogP contribution in [0.25, 0.3) is 0 Å². The second-order valence-electron chi connectivity index (χ2n) is 3.49. The van der Waals surface area contributed by atoms with Crippen molar-refractivity contribution in [2.45, 2.75) is 6.92 Å². The van der Waals surface area contributed by atoms with Gasteiger partial charge in [0.15, 0.2) is 0 Å². The van der Waals surface area contributed by atoms with Crippen molar-refractivity contribution in [3.8, 4) is 0 Å². The summed E-state index contributed by atoms with van der Waals surface area (Å²) in [5, 5.41) is 17.2. The predicted octanol–water partition coefficient (Wildman–Crippen LogP) is -0.501. The van der Waals surface area contributed by atoms with E-state index in [9.17, 15) is 9.59 Å². The highest BCUT2D eigenvalue weighted by molar-refractivity contribution is 5.93. The van der Waals surface area contributed by atoms with Crippen LogP contribution in [0.4, 0.5) is 0 Å². The number of nitrogens with one attached hydrogen (secondary N) is 3. The Bertz CT molecular complexity index is 301. The molecule has 0 aliphatic carbocycles. The van der Waals surface area contributed by atoms with E-state index >= 15 is 0 Å². The molecule has 0 aliphatic rings. The molecule has 4 N–H and O–H groups in total. The first-order valence-corrected chi connectivity index (χ1v) is 5.88. The van der Waals surface area contributed by atoms with Gasteiger partial charge in [0.05, 0.1) is 0 Å². The van der Waals surface area contributed by atoms with E-state index in [1.165, 1.54) is 0 Å². The van der Waals surface area contributed by atoms with Gasteiger partial charge in [-0.15, -0.1) is 0 Å². The quantitative estimate of drug-likeness (QED) is 0.240. The smallest absolute Gasteiger partial charge is 0.328 e. The van der Waals surface area contributed by atoms with Crippen LogP contribution in [0, 0.1) is 0 Å². The minimum absolute atomic E-state index is 0.398. The Morgan fingerprint density at radius 2 is 1.72 bits per heavy atom. The Labute approximate surface area is 107 Å². The molecule has 0 unspecified atom stereocenters. The third-order valence-corrected chi connectivity index (χ3v) is 1.95. The van der Waals surface area contributed by atoms with Gasteiger partial charge in [-0.2, -0.15) is 0 Å². The largest absolute Gasteiger partial charge is 0.478 e. The summed E-state index contributed by atoms with van der Waals surface area (Å²) < 4.78 is 0. The number of hydrogen-bond acceptors (Lipinski definition) is 4. The molecule has 102 valence electrons. The van der Waals surface area contributed by atoms with Gasteiger partial charge >= 0.3 is 5.97 Å². The average Bonchev–Trinajstić information content (AvgIpc) is 2.34. The zero-order chi connectivity index (χ0) is 13.6.